The van der Waals surface area contributed by atoms with Gasteiger partial charge < -0.3 is 24.3 Å². The molecule has 0 aliphatic heterocycles. The number of benzene rings is 2. The van der Waals surface area contributed by atoms with Crippen LogP contribution in [0.5, 0.6) is 23.0 Å². The molecule has 0 radical (unpaired) electrons. The summed E-state index contributed by atoms with van der Waals surface area (Å²) in [6.07, 6.45) is 0. The van der Waals surface area contributed by atoms with Gasteiger partial charge in [0.2, 0.25) is 5.75 Å². The first-order chi connectivity index (χ1) is 12.1. The monoisotopic (exact) mass is 345 g/mol. The van der Waals surface area contributed by atoms with Crippen molar-refractivity contribution < 1.29 is 23.7 Å². The molecule has 0 atom stereocenters. The van der Waals surface area contributed by atoms with Crippen molar-refractivity contribution in [1.29, 1.82) is 0 Å². The molecule has 0 spiro atoms. The van der Waals surface area contributed by atoms with Gasteiger partial charge in [-0.1, -0.05) is 18.2 Å². The average molecular weight is 345 g/mol. The highest BCUT2D eigenvalue weighted by Gasteiger charge is 2.15. The molecule has 0 unspecified atom stereocenters. The summed E-state index contributed by atoms with van der Waals surface area (Å²) in [5.74, 6) is 1.92. The highest BCUT2D eigenvalue weighted by molar-refractivity contribution is 5.77. The van der Waals surface area contributed by atoms with E-state index >= 15 is 0 Å². The fraction of sp³-hybridized carbons (Fsp3) is 0.316. The molecule has 0 aliphatic rings. The summed E-state index contributed by atoms with van der Waals surface area (Å²) in [6, 6.07) is 11.2. The van der Waals surface area contributed by atoms with E-state index in [1.54, 1.807) is 21.3 Å². The molecule has 0 bridgehead atoms. The molecule has 25 heavy (non-hydrogen) atoms. The van der Waals surface area contributed by atoms with E-state index in [1.165, 1.54) is 0 Å². The van der Waals surface area contributed by atoms with Crippen molar-refractivity contribution in [3.05, 3.63) is 47.5 Å². The highest BCUT2D eigenvalue weighted by Crippen LogP contribution is 2.38. The molecule has 0 saturated heterocycles. The molecule has 0 heterocycles. The predicted molar refractivity (Wildman–Crippen MR) is 94.6 cm³/mol. The van der Waals surface area contributed by atoms with E-state index in [2.05, 4.69) is 5.32 Å². The molecule has 0 aliphatic carbocycles. The van der Waals surface area contributed by atoms with Crippen molar-refractivity contribution in [2.75, 3.05) is 27.9 Å². The van der Waals surface area contributed by atoms with E-state index < -0.39 is 0 Å². The van der Waals surface area contributed by atoms with Crippen LogP contribution in [0.25, 0.3) is 0 Å². The maximum Gasteiger partial charge on any atom is 0.258 e. The van der Waals surface area contributed by atoms with E-state index in [4.69, 9.17) is 18.9 Å². The Hall–Kier alpha value is -2.89. The zero-order valence-electron chi connectivity index (χ0n) is 14.9. The lowest BCUT2D eigenvalue weighted by molar-refractivity contribution is -0.123. The number of ether oxygens (including phenoxy) is 4. The topological polar surface area (TPSA) is 66.0 Å². The van der Waals surface area contributed by atoms with Crippen LogP contribution in [0.4, 0.5) is 0 Å². The van der Waals surface area contributed by atoms with Crippen molar-refractivity contribution in [2.45, 2.75) is 13.5 Å². The molecule has 2 aromatic carbocycles. The summed E-state index contributed by atoms with van der Waals surface area (Å²) >= 11 is 0. The van der Waals surface area contributed by atoms with Crippen molar-refractivity contribution in [3.8, 4) is 23.0 Å². The lowest BCUT2D eigenvalue weighted by atomic mass is 10.2. The number of hydrogen-bond acceptors (Lipinski definition) is 5. The summed E-state index contributed by atoms with van der Waals surface area (Å²) in [4.78, 5) is 12.1. The normalized spacial score (nSPS) is 10.1. The molecule has 134 valence electrons. The van der Waals surface area contributed by atoms with Gasteiger partial charge in [-0.05, 0) is 30.7 Å². The highest BCUT2D eigenvalue weighted by atomic mass is 16.5. The van der Waals surface area contributed by atoms with Gasteiger partial charge >= 0.3 is 0 Å². The first-order valence-corrected chi connectivity index (χ1v) is 7.83. The number of carbonyl (C=O) groups is 1. The zero-order chi connectivity index (χ0) is 18.2. The minimum atomic E-state index is -0.254. The molecular formula is C19H23NO5. The van der Waals surface area contributed by atoms with Gasteiger partial charge in [0.15, 0.2) is 18.1 Å². The zero-order valence-corrected chi connectivity index (χ0v) is 14.9. The molecule has 0 saturated carbocycles. The van der Waals surface area contributed by atoms with Crippen molar-refractivity contribution in [1.82, 2.24) is 5.32 Å². The second kappa shape index (κ2) is 8.82. The van der Waals surface area contributed by atoms with Crippen LogP contribution in [0, 0.1) is 6.92 Å². The first kappa shape index (κ1) is 18.4. The third-order valence-electron chi connectivity index (χ3n) is 3.62. The van der Waals surface area contributed by atoms with Gasteiger partial charge in [0.25, 0.3) is 5.91 Å². The maximum atomic E-state index is 12.1. The predicted octanol–water partition coefficient (Wildman–Crippen LogP) is 2.72. The van der Waals surface area contributed by atoms with Crippen molar-refractivity contribution in [2.24, 2.45) is 0 Å². The molecule has 1 amide bonds. The number of carbonyl (C=O) groups excluding carboxylic acids is 1. The summed E-state index contributed by atoms with van der Waals surface area (Å²) in [5, 5.41) is 2.80. The SMILES string of the molecule is COc1ccccc1CNC(=O)COc1c(OC)cc(C)cc1OC. The summed E-state index contributed by atoms with van der Waals surface area (Å²) in [7, 11) is 4.69. The summed E-state index contributed by atoms with van der Waals surface area (Å²) in [5.41, 5.74) is 1.87. The van der Waals surface area contributed by atoms with Gasteiger partial charge in [-0.2, -0.15) is 0 Å². The molecule has 1 N–H and O–H groups in total. The lowest BCUT2D eigenvalue weighted by Crippen LogP contribution is -2.28. The first-order valence-electron chi connectivity index (χ1n) is 7.83. The number of para-hydroxylation sites is 1. The quantitative estimate of drug-likeness (QED) is 0.797. The van der Waals surface area contributed by atoms with E-state index in [9.17, 15) is 4.79 Å². The van der Waals surface area contributed by atoms with Crippen LogP contribution in [-0.2, 0) is 11.3 Å². The smallest absolute Gasteiger partial charge is 0.258 e. The number of aryl methyl sites for hydroxylation is 1. The van der Waals surface area contributed by atoms with Crippen LogP contribution in [0.3, 0.4) is 0 Å². The van der Waals surface area contributed by atoms with Gasteiger partial charge in [0, 0.05) is 12.1 Å². The van der Waals surface area contributed by atoms with Crippen LogP contribution in [-0.4, -0.2) is 33.8 Å². The summed E-state index contributed by atoms with van der Waals surface area (Å²) < 4.78 is 21.5. The number of amides is 1. The van der Waals surface area contributed by atoms with Gasteiger partial charge in [0.05, 0.1) is 21.3 Å². The van der Waals surface area contributed by atoms with Gasteiger partial charge in [-0.25, -0.2) is 0 Å². The van der Waals surface area contributed by atoms with Gasteiger partial charge in [-0.3, -0.25) is 4.79 Å². The minimum Gasteiger partial charge on any atom is -0.496 e. The van der Waals surface area contributed by atoms with Gasteiger partial charge in [0.1, 0.15) is 5.75 Å². The van der Waals surface area contributed by atoms with E-state index in [0.717, 1.165) is 16.9 Å². The minimum absolute atomic E-state index is 0.148. The number of methoxy groups -OCH3 is 3. The standard InChI is InChI=1S/C19H23NO5/c1-13-9-16(23-3)19(17(10-13)24-4)25-12-18(21)20-11-14-7-5-6-8-15(14)22-2/h5-10H,11-12H2,1-4H3,(H,20,21). The third kappa shape index (κ3) is 4.79. The van der Waals surface area contributed by atoms with Crippen LogP contribution in [0.1, 0.15) is 11.1 Å². The van der Waals surface area contributed by atoms with E-state index in [-0.39, 0.29) is 12.5 Å². The van der Waals surface area contributed by atoms with E-state index in [1.807, 2.05) is 43.3 Å². The Morgan fingerprint density at radius 2 is 1.56 bits per heavy atom. The number of rotatable bonds is 8. The molecule has 0 fully saturated rings. The Balaban J connectivity index is 1.98. The van der Waals surface area contributed by atoms with Crippen LogP contribution >= 0.6 is 0 Å². The molecular weight excluding hydrogens is 322 g/mol. The summed E-state index contributed by atoms with van der Waals surface area (Å²) in [6.45, 7) is 2.13. The molecule has 0 aromatic heterocycles. The molecule has 2 rings (SSSR count). The largest absolute Gasteiger partial charge is 0.496 e. The molecule has 6 nitrogen and oxygen atoms in total. The average Bonchev–Trinajstić information content (AvgIpc) is 2.64. The number of nitrogens with one attached hydrogen (secondary N) is 1. The molecule has 6 heteroatoms. The Morgan fingerprint density at radius 1 is 0.960 bits per heavy atom. The van der Waals surface area contributed by atoms with Gasteiger partial charge in [-0.15, -0.1) is 0 Å². The van der Waals surface area contributed by atoms with Crippen molar-refractivity contribution >= 4 is 5.91 Å². The second-order valence-corrected chi connectivity index (χ2v) is 5.38. The Bertz CT molecular complexity index is 704. The van der Waals surface area contributed by atoms with Crippen LogP contribution in [0.15, 0.2) is 36.4 Å². The Kier molecular flexibility index (Phi) is 6.51. The number of hydrogen-bond donors (Lipinski definition) is 1. The lowest BCUT2D eigenvalue weighted by Gasteiger charge is -2.15. The second-order valence-electron chi connectivity index (χ2n) is 5.38. The van der Waals surface area contributed by atoms with E-state index in [0.29, 0.717) is 23.8 Å². The Labute approximate surface area is 147 Å². The molecule has 2 aromatic rings. The third-order valence-corrected chi connectivity index (χ3v) is 3.62. The fourth-order valence-corrected chi connectivity index (χ4v) is 2.38. The van der Waals surface area contributed by atoms with Crippen LogP contribution in [0.2, 0.25) is 0 Å². The van der Waals surface area contributed by atoms with Crippen LogP contribution < -0.4 is 24.3 Å². The fourth-order valence-electron chi connectivity index (χ4n) is 2.38. The Morgan fingerprint density at radius 3 is 2.16 bits per heavy atom. The maximum absolute atomic E-state index is 12.1. The van der Waals surface area contributed by atoms with Crippen molar-refractivity contribution in [3.63, 3.8) is 0 Å².